The number of sulfonamides is 1. The van der Waals surface area contributed by atoms with Crippen molar-refractivity contribution in [3.8, 4) is 22.3 Å². The van der Waals surface area contributed by atoms with Gasteiger partial charge in [0.15, 0.2) is 0 Å². The fourth-order valence-electron chi connectivity index (χ4n) is 7.13. The van der Waals surface area contributed by atoms with Crippen LogP contribution in [-0.4, -0.2) is 12.7 Å². The fourth-order valence-corrected chi connectivity index (χ4v) is 8.89. The van der Waals surface area contributed by atoms with Crippen molar-refractivity contribution < 1.29 is 61.2 Å². The van der Waals surface area contributed by atoms with Gasteiger partial charge in [-0.05, 0) is 87.6 Å². The molecule has 7 rings (SSSR count). The summed E-state index contributed by atoms with van der Waals surface area (Å²) in [7, 11) is -4.00. The molecule has 0 fully saturated rings. The number of hydrogen-bond acceptors (Lipinski definition) is 2. The van der Waals surface area contributed by atoms with Crippen LogP contribution < -0.4 is 12.4 Å². The van der Waals surface area contributed by atoms with Gasteiger partial charge in [-0.3, -0.25) is 0 Å². The van der Waals surface area contributed by atoms with Gasteiger partial charge >= 0.3 is 40.4 Å². The Bertz CT molecular complexity index is 1940. The van der Waals surface area contributed by atoms with Gasteiger partial charge in [0.05, 0.1) is 17.0 Å². The van der Waals surface area contributed by atoms with Gasteiger partial charge < -0.3 is 12.4 Å². The van der Waals surface area contributed by atoms with Crippen LogP contribution in [0.5, 0.6) is 0 Å². The van der Waals surface area contributed by atoms with Crippen LogP contribution in [0.15, 0.2) is 137 Å². The summed E-state index contributed by atoms with van der Waals surface area (Å²) in [5.41, 5.74) is 11.8. The Balaban J connectivity index is 0.00000217. The molecule has 2 aliphatic rings. The third-order valence-electron chi connectivity index (χ3n) is 9.30. The average molecular weight is 794 g/mol. The standard InChI is InChI=1S/C41H37NO2S.ClH.Sm/c1-4-29-26-33-18-12-20-36(31-14-8-6-9-15-31)38(33)40(29)42(45(43,44)35-24-22-28(3)23-25-35)41-30(5-2)27-34-19-13-21-37(39(34)41)32-16-10-7-11-17-32;;/h6-27,40-41H,4-5H2,1-3H3;1H;/q;;+1/p-1. The molecule has 47 heavy (non-hydrogen) atoms. The van der Waals surface area contributed by atoms with E-state index in [1.807, 2.05) is 59.8 Å². The molecule has 0 aliphatic heterocycles. The molecule has 6 heteroatoms. The Hall–Kier alpha value is -2.88. The summed E-state index contributed by atoms with van der Waals surface area (Å²) in [6.07, 6.45) is 5.91. The topological polar surface area (TPSA) is 37.4 Å². The average Bonchev–Trinajstić information content (AvgIpc) is 3.64. The van der Waals surface area contributed by atoms with Crippen LogP contribution in [0.3, 0.4) is 0 Å². The summed E-state index contributed by atoms with van der Waals surface area (Å²) in [5, 5.41) is 0. The summed E-state index contributed by atoms with van der Waals surface area (Å²) in [6, 6.07) is 39.8. The number of nitrogens with zero attached hydrogens (tertiary/aromatic N) is 1. The second kappa shape index (κ2) is 14.7. The van der Waals surface area contributed by atoms with E-state index in [4.69, 9.17) is 0 Å². The smallest absolute Gasteiger partial charge is 1.00 e. The molecular formula is C41H37ClNO2SSm. The van der Waals surface area contributed by atoms with Crippen LogP contribution in [0, 0.1) is 47.3 Å². The van der Waals surface area contributed by atoms with Crippen molar-refractivity contribution in [1.82, 2.24) is 4.31 Å². The molecule has 2 aliphatic carbocycles. The molecule has 0 spiro atoms. The van der Waals surface area contributed by atoms with Gasteiger partial charge in [-0.1, -0.05) is 141 Å². The molecule has 0 bridgehead atoms. The number of hydrogen-bond donors (Lipinski definition) is 0. The van der Waals surface area contributed by atoms with E-state index in [1.165, 1.54) is 0 Å². The monoisotopic (exact) mass is 794 g/mol. The van der Waals surface area contributed by atoms with Crippen LogP contribution in [0.4, 0.5) is 0 Å². The van der Waals surface area contributed by atoms with Gasteiger partial charge in [-0.2, -0.15) is 4.31 Å². The molecule has 2 atom stereocenters. The van der Waals surface area contributed by atoms with Crippen molar-refractivity contribution in [3.05, 3.63) is 160 Å². The second-order valence-corrected chi connectivity index (χ2v) is 13.8. The normalized spacial score (nSPS) is 16.4. The molecule has 0 saturated heterocycles. The molecular weight excluding hydrogens is 756 g/mol. The maximum atomic E-state index is 15.3. The molecule has 0 amide bonds. The minimum Gasteiger partial charge on any atom is -1.00 e. The van der Waals surface area contributed by atoms with Crippen molar-refractivity contribution in [1.29, 1.82) is 0 Å². The third kappa shape index (κ3) is 6.35. The molecule has 5 aromatic carbocycles. The van der Waals surface area contributed by atoms with Gasteiger partial charge in [0.1, 0.15) is 0 Å². The van der Waals surface area contributed by atoms with Crippen LogP contribution in [-0.2, 0) is 10.0 Å². The Labute approximate surface area is 318 Å². The molecule has 0 saturated carbocycles. The Morgan fingerprint density at radius 1 is 0.574 bits per heavy atom. The molecule has 0 aromatic heterocycles. The first-order valence-electron chi connectivity index (χ1n) is 15.8. The third-order valence-corrected chi connectivity index (χ3v) is 11.1. The van der Waals surface area contributed by atoms with Gasteiger partial charge in [0.2, 0.25) is 10.0 Å². The zero-order chi connectivity index (χ0) is 31.1. The number of benzene rings is 5. The maximum Gasteiger partial charge on any atom is 1.00 e. The zero-order valence-electron chi connectivity index (χ0n) is 26.7. The summed E-state index contributed by atoms with van der Waals surface area (Å²) in [6.45, 7) is 6.26. The van der Waals surface area contributed by atoms with Gasteiger partial charge in [0, 0.05) is 0 Å². The zero-order valence-corrected chi connectivity index (χ0v) is 30.9. The number of fused-ring (bicyclic) bond motifs is 2. The van der Waals surface area contributed by atoms with E-state index in [-0.39, 0.29) is 52.8 Å². The van der Waals surface area contributed by atoms with E-state index in [1.54, 1.807) is 12.1 Å². The van der Waals surface area contributed by atoms with E-state index >= 15 is 8.42 Å². The van der Waals surface area contributed by atoms with Crippen molar-refractivity contribution in [2.45, 2.75) is 50.6 Å². The SMILES string of the molecule is CCC1=Cc2cccc(-c3ccccc3)c2C1N(C1C(CC)=Cc2cccc(-c3ccccc3)c21)S(=O)(=O)c1ccc(C)cc1.[Cl-].[Sm+]. The van der Waals surface area contributed by atoms with E-state index in [0.29, 0.717) is 4.90 Å². The van der Waals surface area contributed by atoms with Gasteiger partial charge in [-0.15, -0.1) is 0 Å². The van der Waals surface area contributed by atoms with Gasteiger partial charge in [0.25, 0.3) is 0 Å². The van der Waals surface area contributed by atoms with E-state index in [0.717, 1.165) is 74.1 Å². The number of rotatable bonds is 8. The quantitative estimate of drug-likeness (QED) is 0.164. The summed E-state index contributed by atoms with van der Waals surface area (Å²) >= 11 is 0. The van der Waals surface area contributed by atoms with Crippen LogP contribution in [0.2, 0.25) is 0 Å². The molecule has 2 unspecified atom stereocenters. The maximum absolute atomic E-state index is 15.3. The van der Waals surface area contributed by atoms with Crippen LogP contribution in [0.1, 0.15) is 66.6 Å². The number of aryl methyl sites for hydroxylation is 1. The van der Waals surface area contributed by atoms with Gasteiger partial charge in [-0.25, -0.2) is 8.42 Å². The van der Waals surface area contributed by atoms with Crippen molar-refractivity contribution in [3.63, 3.8) is 0 Å². The van der Waals surface area contributed by atoms with Crippen molar-refractivity contribution in [2.24, 2.45) is 0 Å². The molecule has 5 aromatic rings. The first-order chi connectivity index (χ1) is 21.9. The fraction of sp³-hybridized carbons (Fsp3) is 0.171. The van der Waals surface area contributed by atoms with Crippen LogP contribution >= 0.6 is 0 Å². The predicted octanol–water partition coefficient (Wildman–Crippen LogP) is 7.42. The van der Waals surface area contributed by atoms with E-state index in [9.17, 15) is 0 Å². The molecule has 0 heterocycles. The van der Waals surface area contributed by atoms with E-state index < -0.39 is 22.1 Å². The first kappa shape index (κ1) is 35.4. The first-order valence-corrected chi connectivity index (χ1v) is 17.2. The summed E-state index contributed by atoms with van der Waals surface area (Å²) in [4.78, 5) is 0.315. The largest absolute Gasteiger partial charge is 1.00 e. The Morgan fingerprint density at radius 2 is 1.00 bits per heavy atom. The Morgan fingerprint density at radius 3 is 1.40 bits per heavy atom. The molecule has 0 N–H and O–H groups in total. The van der Waals surface area contributed by atoms with Crippen LogP contribution in [0.25, 0.3) is 34.4 Å². The Kier molecular flexibility index (Phi) is 11.1. The second-order valence-electron chi connectivity index (χ2n) is 11.9. The van der Waals surface area contributed by atoms with E-state index in [2.05, 4.69) is 86.7 Å². The van der Waals surface area contributed by atoms with Crippen molar-refractivity contribution >= 4 is 22.2 Å². The van der Waals surface area contributed by atoms with Crippen molar-refractivity contribution in [2.75, 3.05) is 0 Å². The summed E-state index contributed by atoms with van der Waals surface area (Å²) < 4.78 is 32.5. The minimum atomic E-state index is -4.00. The number of halogens is 1. The molecule has 3 nitrogen and oxygen atoms in total. The summed E-state index contributed by atoms with van der Waals surface area (Å²) in [5.74, 6) is 0. The molecule has 237 valence electrons. The predicted molar refractivity (Wildman–Crippen MR) is 186 cm³/mol. The minimum absolute atomic E-state index is 0. The molecule has 1 radical (unpaired) electrons.